The van der Waals surface area contributed by atoms with E-state index in [1.54, 1.807) is 19.2 Å². The zero-order valence-electron chi connectivity index (χ0n) is 18.3. The van der Waals surface area contributed by atoms with E-state index in [0.29, 0.717) is 38.1 Å². The van der Waals surface area contributed by atoms with E-state index >= 15 is 0 Å². The van der Waals surface area contributed by atoms with E-state index in [1.807, 2.05) is 55.5 Å². The fourth-order valence-electron chi connectivity index (χ4n) is 3.33. The number of amides is 1. The van der Waals surface area contributed by atoms with Crippen LogP contribution in [0.3, 0.4) is 0 Å². The number of thioether (sulfide) groups is 1. The molecule has 1 saturated heterocycles. The molecule has 3 aromatic carbocycles. The van der Waals surface area contributed by atoms with Crippen LogP contribution in [0.1, 0.15) is 16.7 Å². The van der Waals surface area contributed by atoms with Gasteiger partial charge in [-0.3, -0.25) is 4.79 Å². The third-order valence-electron chi connectivity index (χ3n) is 5.07. The monoisotopic (exact) mass is 534 g/mol. The molecule has 0 aliphatic carbocycles. The van der Waals surface area contributed by atoms with Crippen LogP contribution in [0.25, 0.3) is 6.08 Å². The van der Waals surface area contributed by atoms with Gasteiger partial charge in [0.05, 0.1) is 22.1 Å². The standard InChI is InChI=1S/C25H21Cl3N2O3S/c1-14-9-17(26)5-7-20(14)29-25-30-24(31)23(34-25)12-15-4-8-21(22(11-15)32-2)33-13-16-3-6-18(27)19(28)10-16/h3-12,25,29H,13H2,1-2H3,(H,30,31)/b23-12-. The van der Waals surface area contributed by atoms with Gasteiger partial charge in [0, 0.05) is 10.7 Å². The van der Waals surface area contributed by atoms with Crippen LogP contribution in [-0.4, -0.2) is 18.5 Å². The summed E-state index contributed by atoms with van der Waals surface area (Å²) in [5, 5.41) is 7.90. The Morgan fingerprint density at radius 2 is 1.85 bits per heavy atom. The molecule has 0 spiro atoms. The molecule has 1 amide bonds. The van der Waals surface area contributed by atoms with Crippen LogP contribution in [0.5, 0.6) is 11.5 Å². The van der Waals surface area contributed by atoms with Gasteiger partial charge in [-0.1, -0.05) is 58.7 Å². The lowest BCUT2D eigenvalue weighted by Crippen LogP contribution is -2.31. The molecule has 1 heterocycles. The van der Waals surface area contributed by atoms with Gasteiger partial charge in [0.2, 0.25) is 0 Å². The number of rotatable bonds is 7. The fraction of sp³-hybridized carbons (Fsp3) is 0.160. The molecule has 9 heteroatoms. The minimum atomic E-state index is -0.283. The average Bonchev–Trinajstić information content (AvgIpc) is 3.15. The Morgan fingerprint density at radius 1 is 1.03 bits per heavy atom. The Kier molecular flexibility index (Phi) is 7.84. The van der Waals surface area contributed by atoms with Crippen molar-refractivity contribution in [3.8, 4) is 11.5 Å². The summed E-state index contributed by atoms with van der Waals surface area (Å²) in [6.07, 6.45) is 1.82. The molecule has 1 fully saturated rings. The molecule has 0 radical (unpaired) electrons. The number of carbonyl (C=O) groups is 1. The lowest BCUT2D eigenvalue weighted by atomic mass is 10.2. The molecular weight excluding hydrogens is 515 g/mol. The van der Waals surface area contributed by atoms with E-state index < -0.39 is 0 Å². The van der Waals surface area contributed by atoms with Crippen molar-refractivity contribution in [3.05, 3.63) is 91.3 Å². The van der Waals surface area contributed by atoms with Crippen molar-refractivity contribution in [1.82, 2.24) is 5.32 Å². The van der Waals surface area contributed by atoms with Crippen LogP contribution >= 0.6 is 46.6 Å². The summed E-state index contributed by atoms with van der Waals surface area (Å²) in [6, 6.07) is 16.4. The molecule has 1 aliphatic rings. The smallest absolute Gasteiger partial charge is 0.260 e. The molecule has 1 aliphatic heterocycles. The van der Waals surface area contributed by atoms with Gasteiger partial charge >= 0.3 is 0 Å². The normalized spacial score (nSPS) is 16.4. The fourth-order valence-corrected chi connectivity index (χ4v) is 4.85. The minimum Gasteiger partial charge on any atom is -0.493 e. The summed E-state index contributed by atoms with van der Waals surface area (Å²) < 4.78 is 11.4. The number of hydrogen-bond donors (Lipinski definition) is 2. The molecule has 3 aromatic rings. The van der Waals surface area contributed by atoms with Crippen LogP contribution in [0.4, 0.5) is 5.69 Å². The molecule has 4 rings (SSSR count). The number of methoxy groups -OCH3 is 1. The molecule has 0 aromatic heterocycles. The first kappa shape index (κ1) is 24.6. The Balaban J connectivity index is 1.44. The number of hydrogen-bond acceptors (Lipinski definition) is 5. The number of aryl methyl sites for hydroxylation is 1. The number of ether oxygens (including phenoxy) is 2. The van der Waals surface area contributed by atoms with Gasteiger partial charge in [-0.05, 0) is 72.2 Å². The number of carbonyl (C=O) groups excluding carboxylic acids is 1. The predicted octanol–water partition coefficient (Wildman–Crippen LogP) is 7.14. The van der Waals surface area contributed by atoms with Crippen LogP contribution in [0.15, 0.2) is 59.5 Å². The lowest BCUT2D eigenvalue weighted by Gasteiger charge is -2.15. The number of benzene rings is 3. The van der Waals surface area contributed by atoms with Crippen molar-refractivity contribution in [2.75, 3.05) is 12.4 Å². The maximum Gasteiger partial charge on any atom is 0.260 e. The highest BCUT2D eigenvalue weighted by atomic mass is 35.5. The first-order valence-corrected chi connectivity index (χ1v) is 12.3. The summed E-state index contributed by atoms with van der Waals surface area (Å²) >= 11 is 19.5. The molecule has 2 N–H and O–H groups in total. The molecule has 34 heavy (non-hydrogen) atoms. The molecule has 0 saturated carbocycles. The maximum absolute atomic E-state index is 12.5. The molecule has 176 valence electrons. The Morgan fingerprint density at radius 3 is 2.59 bits per heavy atom. The van der Waals surface area contributed by atoms with E-state index in [0.717, 1.165) is 22.4 Å². The summed E-state index contributed by atoms with van der Waals surface area (Å²) in [6.45, 7) is 2.27. The third kappa shape index (κ3) is 5.94. The Hall–Kier alpha value is -2.51. The summed E-state index contributed by atoms with van der Waals surface area (Å²) in [5.41, 5.74) is 3.33. The van der Waals surface area contributed by atoms with Crippen molar-refractivity contribution in [1.29, 1.82) is 0 Å². The predicted molar refractivity (Wildman–Crippen MR) is 141 cm³/mol. The summed E-state index contributed by atoms with van der Waals surface area (Å²) in [4.78, 5) is 13.1. The van der Waals surface area contributed by atoms with E-state index in [-0.39, 0.29) is 11.4 Å². The van der Waals surface area contributed by atoms with Crippen LogP contribution in [0.2, 0.25) is 15.1 Å². The highest BCUT2D eigenvalue weighted by Gasteiger charge is 2.27. The van der Waals surface area contributed by atoms with Crippen molar-refractivity contribution in [2.24, 2.45) is 0 Å². The van der Waals surface area contributed by atoms with Gasteiger partial charge in [-0.15, -0.1) is 0 Å². The molecule has 0 bridgehead atoms. The van der Waals surface area contributed by atoms with Gasteiger partial charge < -0.3 is 20.1 Å². The molecule has 5 nitrogen and oxygen atoms in total. The minimum absolute atomic E-state index is 0.145. The second-order valence-corrected chi connectivity index (χ2v) is 9.93. The van der Waals surface area contributed by atoms with E-state index in [1.165, 1.54) is 11.8 Å². The number of anilines is 1. The van der Waals surface area contributed by atoms with Crippen LogP contribution in [0, 0.1) is 6.92 Å². The molecular formula is C25H21Cl3N2O3S. The largest absolute Gasteiger partial charge is 0.493 e. The van der Waals surface area contributed by atoms with Gasteiger partial charge in [0.15, 0.2) is 17.0 Å². The van der Waals surface area contributed by atoms with Crippen LogP contribution in [-0.2, 0) is 11.4 Å². The topological polar surface area (TPSA) is 59.6 Å². The van der Waals surface area contributed by atoms with E-state index in [2.05, 4.69) is 10.6 Å². The van der Waals surface area contributed by atoms with Crippen molar-refractivity contribution in [3.63, 3.8) is 0 Å². The van der Waals surface area contributed by atoms with Gasteiger partial charge in [0.1, 0.15) is 6.61 Å². The first-order valence-electron chi connectivity index (χ1n) is 10.3. The van der Waals surface area contributed by atoms with Crippen molar-refractivity contribution >= 4 is 64.2 Å². The van der Waals surface area contributed by atoms with Gasteiger partial charge in [0.25, 0.3) is 5.91 Å². The number of halogens is 3. The quantitative estimate of drug-likeness (QED) is 0.315. The average molecular weight is 536 g/mol. The highest BCUT2D eigenvalue weighted by molar-refractivity contribution is 8.05. The summed E-state index contributed by atoms with van der Waals surface area (Å²) in [5.74, 6) is 0.995. The second kappa shape index (κ2) is 10.8. The van der Waals surface area contributed by atoms with Crippen molar-refractivity contribution in [2.45, 2.75) is 19.0 Å². The lowest BCUT2D eigenvalue weighted by molar-refractivity contribution is -0.116. The summed E-state index contributed by atoms with van der Waals surface area (Å²) in [7, 11) is 1.57. The van der Waals surface area contributed by atoms with E-state index in [4.69, 9.17) is 44.3 Å². The van der Waals surface area contributed by atoms with Gasteiger partial charge in [-0.25, -0.2) is 0 Å². The zero-order valence-corrected chi connectivity index (χ0v) is 21.4. The Labute approximate surface area is 217 Å². The van der Waals surface area contributed by atoms with E-state index in [9.17, 15) is 4.79 Å². The maximum atomic E-state index is 12.5. The highest BCUT2D eigenvalue weighted by Crippen LogP contribution is 2.34. The van der Waals surface area contributed by atoms with Crippen molar-refractivity contribution < 1.29 is 14.3 Å². The first-order chi connectivity index (χ1) is 16.3. The van der Waals surface area contributed by atoms with Crippen LogP contribution < -0.4 is 20.1 Å². The Bertz CT molecular complexity index is 1270. The molecule has 1 unspecified atom stereocenters. The SMILES string of the molecule is COc1cc(/C=C2\SC(Nc3ccc(Cl)cc3C)NC2=O)ccc1OCc1ccc(Cl)c(Cl)c1. The zero-order chi connectivity index (χ0) is 24.2. The second-order valence-electron chi connectivity index (χ2n) is 7.53. The third-order valence-corrected chi connectivity index (χ3v) is 7.07. The number of nitrogens with one attached hydrogen (secondary N) is 2. The van der Waals surface area contributed by atoms with Gasteiger partial charge in [-0.2, -0.15) is 0 Å². The molecule has 1 atom stereocenters.